The first-order chi connectivity index (χ1) is 12.1. The van der Waals surface area contributed by atoms with E-state index in [1.807, 2.05) is 0 Å². The summed E-state index contributed by atoms with van der Waals surface area (Å²) in [5.41, 5.74) is -1.29. The van der Waals surface area contributed by atoms with Gasteiger partial charge in [0.25, 0.3) is 0 Å². The standard InChI is InChI=1S/C21H38O4/c1-3-5-6-7-8-9-11-15-18(14-4-2)25-20(24)21(19(22)23)16-12-10-13-17-21/h18H,3-17H2,1-2H3,(H,22,23). The van der Waals surface area contributed by atoms with E-state index in [1.54, 1.807) is 0 Å². The zero-order chi connectivity index (χ0) is 18.5. The average Bonchev–Trinajstić information content (AvgIpc) is 2.61. The van der Waals surface area contributed by atoms with Crippen molar-refractivity contribution in [3.05, 3.63) is 0 Å². The van der Waals surface area contributed by atoms with Crippen LogP contribution < -0.4 is 0 Å². The zero-order valence-corrected chi connectivity index (χ0v) is 16.4. The number of hydrogen-bond donors (Lipinski definition) is 1. The van der Waals surface area contributed by atoms with Gasteiger partial charge in [-0.3, -0.25) is 9.59 Å². The molecule has 0 aromatic heterocycles. The summed E-state index contributed by atoms with van der Waals surface area (Å²) in [6.45, 7) is 4.30. The summed E-state index contributed by atoms with van der Waals surface area (Å²) in [7, 11) is 0. The lowest BCUT2D eigenvalue weighted by molar-refractivity contribution is -0.175. The van der Waals surface area contributed by atoms with E-state index >= 15 is 0 Å². The van der Waals surface area contributed by atoms with E-state index in [0.29, 0.717) is 12.8 Å². The van der Waals surface area contributed by atoms with E-state index in [2.05, 4.69) is 13.8 Å². The van der Waals surface area contributed by atoms with Crippen LogP contribution in [0.15, 0.2) is 0 Å². The van der Waals surface area contributed by atoms with E-state index < -0.39 is 17.4 Å². The summed E-state index contributed by atoms with van der Waals surface area (Å²) >= 11 is 0. The predicted molar refractivity (Wildman–Crippen MR) is 101 cm³/mol. The maximum absolute atomic E-state index is 12.7. The molecule has 1 N–H and O–H groups in total. The molecule has 4 nitrogen and oxygen atoms in total. The lowest BCUT2D eigenvalue weighted by atomic mass is 9.74. The monoisotopic (exact) mass is 354 g/mol. The molecule has 0 saturated heterocycles. The zero-order valence-electron chi connectivity index (χ0n) is 16.4. The van der Waals surface area contributed by atoms with Crippen molar-refractivity contribution in [1.29, 1.82) is 0 Å². The average molecular weight is 355 g/mol. The van der Waals surface area contributed by atoms with Gasteiger partial charge in [0, 0.05) is 0 Å². The highest BCUT2D eigenvalue weighted by atomic mass is 16.5. The summed E-state index contributed by atoms with van der Waals surface area (Å²) in [5, 5.41) is 9.62. The van der Waals surface area contributed by atoms with Gasteiger partial charge in [-0.25, -0.2) is 0 Å². The number of carbonyl (C=O) groups is 2. The summed E-state index contributed by atoms with van der Waals surface area (Å²) in [5.74, 6) is -1.48. The molecule has 1 saturated carbocycles. The molecule has 0 aliphatic heterocycles. The van der Waals surface area contributed by atoms with Crippen LogP contribution in [-0.4, -0.2) is 23.1 Å². The molecule has 0 spiro atoms. The molecule has 1 fully saturated rings. The van der Waals surface area contributed by atoms with Crippen LogP contribution in [0, 0.1) is 5.41 Å². The molecular formula is C21H38O4. The number of ether oxygens (including phenoxy) is 1. The van der Waals surface area contributed by atoms with Crippen molar-refractivity contribution in [2.75, 3.05) is 0 Å². The molecule has 4 heteroatoms. The molecule has 0 aromatic carbocycles. The fourth-order valence-electron chi connectivity index (χ4n) is 3.84. The number of unbranched alkanes of at least 4 members (excludes halogenated alkanes) is 6. The molecule has 1 unspecified atom stereocenters. The van der Waals surface area contributed by atoms with Gasteiger partial charge in [0.15, 0.2) is 5.41 Å². The van der Waals surface area contributed by atoms with Crippen molar-refractivity contribution in [3.8, 4) is 0 Å². The van der Waals surface area contributed by atoms with Crippen LogP contribution in [0.3, 0.4) is 0 Å². The van der Waals surface area contributed by atoms with Crippen molar-refractivity contribution in [3.63, 3.8) is 0 Å². The fraction of sp³-hybridized carbons (Fsp3) is 0.905. The Kier molecular flexibility index (Phi) is 10.8. The quantitative estimate of drug-likeness (QED) is 0.255. The lowest BCUT2D eigenvalue weighted by Gasteiger charge is -2.32. The number of esters is 1. The minimum Gasteiger partial charge on any atom is -0.480 e. The third kappa shape index (κ3) is 7.37. The third-order valence-electron chi connectivity index (χ3n) is 5.52. The van der Waals surface area contributed by atoms with Crippen LogP contribution in [0.25, 0.3) is 0 Å². The van der Waals surface area contributed by atoms with Crippen LogP contribution in [0.1, 0.15) is 110 Å². The number of rotatable bonds is 13. The van der Waals surface area contributed by atoms with Crippen LogP contribution >= 0.6 is 0 Å². The Morgan fingerprint density at radius 2 is 1.48 bits per heavy atom. The van der Waals surface area contributed by atoms with Gasteiger partial charge < -0.3 is 9.84 Å². The Morgan fingerprint density at radius 1 is 0.880 bits per heavy atom. The van der Waals surface area contributed by atoms with Crippen LogP contribution in [-0.2, 0) is 14.3 Å². The lowest BCUT2D eigenvalue weighted by Crippen LogP contribution is -2.43. The van der Waals surface area contributed by atoms with Gasteiger partial charge >= 0.3 is 11.9 Å². The SMILES string of the molecule is CCCCCCCCCC(CCC)OC(=O)C1(C(=O)O)CCCCC1. The van der Waals surface area contributed by atoms with Crippen molar-refractivity contribution in [2.24, 2.45) is 5.41 Å². The number of carbonyl (C=O) groups excluding carboxylic acids is 1. The normalized spacial score (nSPS) is 17.8. The first-order valence-electron chi connectivity index (χ1n) is 10.5. The molecular weight excluding hydrogens is 316 g/mol. The summed E-state index contributed by atoms with van der Waals surface area (Å²) in [4.78, 5) is 24.4. The Bertz CT molecular complexity index is 385. The summed E-state index contributed by atoms with van der Waals surface area (Å²) < 4.78 is 5.72. The minimum atomic E-state index is -1.29. The Balaban J connectivity index is 2.44. The summed E-state index contributed by atoms with van der Waals surface area (Å²) in [6, 6.07) is 0. The Morgan fingerprint density at radius 3 is 2.04 bits per heavy atom. The second-order valence-corrected chi connectivity index (χ2v) is 7.67. The predicted octanol–water partition coefficient (Wildman–Crippen LogP) is 5.87. The Labute approximate surface area is 153 Å². The second kappa shape index (κ2) is 12.3. The highest BCUT2D eigenvalue weighted by Crippen LogP contribution is 2.38. The Hall–Kier alpha value is -1.06. The maximum atomic E-state index is 12.7. The molecule has 0 heterocycles. The van der Waals surface area contributed by atoms with E-state index in [9.17, 15) is 14.7 Å². The first kappa shape index (κ1) is 22.0. The fourth-order valence-corrected chi connectivity index (χ4v) is 3.84. The molecule has 0 radical (unpaired) electrons. The highest BCUT2D eigenvalue weighted by molar-refractivity contribution is 5.99. The van der Waals surface area contributed by atoms with Gasteiger partial charge in [0.2, 0.25) is 0 Å². The largest absolute Gasteiger partial charge is 0.480 e. The topological polar surface area (TPSA) is 63.6 Å². The molecule has 1 atom stereocenters. The third-order valence-corrected chi connectivity index (χ3v) is 5.52. The van der Waals surface area contributed by atoms with Crippen LogP contribution in [0.2, 0.25) is 0 Å². The minimum absolute atomic E-state index is 0.119. The van der Waals surface area contributed by atoms with E-state index in [0.717, 1.165) is 44.9 Å². The number of hydrogen-bond acceptors (Lipinski definition) is 3. The number of carboxylic acid groups (broad SMARTS) is 1. The highest BCUT2D eigenvalue weighted by Gasteiger charge is 2.48. The molecule has 25 heavy (non-hydrogen) atoms. The van der Waals surface area contributed by atoms with Crippen LogP contribution in [0.4, 0.5) is 0 Å². The molecule has 146 valence electrons. The van der Waals surface area contributed by atoms with E-state index in [4.69, 9.17) is 4.74 Å². The first-order valence-corrected chi connectivity index (χ1v) is 10.5. The van der Waals surface area contributed by atoms with Crippen LogP contribution in [0.5, 0.6) is 0 Å². The van der Waals surface area contributed by atoms with Gasteiger partial charge in [-0.05, 0) is 32.1 Å². The van der Waals surface area contributed by atoms with E-state index in [1.165, 1.54) is 38.5 Å². The molecule has 0 bridgehead atoms. The number of aliphatic carboxylic acids is 1. The second-order valence-electron chi connectivity index (χ2n) is 7.67. The van der Waals surface area contributed by atoms with Gasteiger partial charge in [0.05, 0.1) is 0 Å². The summed E-state index contributed by atoms with van der Waals surface area (Å²) in [6.07, 6.45) is 14.7. The molecule has 1 rings (SSSR count). The van der Waals surface area contributed by atoms with E-state index in [-0.39, 0.29) is 6.10 Å². The van der Waals surface area contributed by atoms with Gasteiger partial charge in [-0.15, -0.1) is 0 Å². The number of carboxylic acids is 1. The molecule has 0 amide bonds. The van der Waals surface area contributed by atoms with Gasteiger partial charge in [-0.1, -0.05) is 78.1 Å². The van der Waals surface area contributed by atoms with Gasteiger partial charge in [0.1, 0.15) is 6.10 Å². The van der Waals surface area contributed by atoms with Crippen molar-refractivity contribution < 1.29 is 19.4 Å². The molecule has 1 aliphatic carbocycles. The molecule has 0 aromatic rings. The van der Waals surface area contributed by atoms with Gasteiger partial charge in [-0.2, -0.15) is 0 Å². The smallest absolute Gasteiger partial charge is 0.323 e. The molecule has 1 aliphatic rings. The van der Waals surface area contributed by atoms with Crippen molar-refractivity contribution >= 4 is 11.9 Å². The van der Waals surface area contributed by atoms with Crippen molar-refractivity contribution in [2.45, 2.75) is 116 Å². The maximum Gasteiger partial charge on any atom is 0.323 e. The van der Waals surface area contributed by atoms with Crippen molar-refractivity contribution in [1.82, 2.24) is 0 Å².